The molecule has 0 aromatic heterocycles. The third-order valence-electron chi connectivity index (χ3n) is 2.89. The lowest BCUT2D eigenvalue weighted by molar-refractivity contribution is 0.0951. The van der Waals surface area contributed by atoms with Gasteiger partial charge in [-0.05, 0) is 33.6 Å². The quantitative estimate of drug-likeness (QED) is 0.792. The fourth-order valence-electron chi connectivity index (χ4n) is 1.74. The Hall–Kier alpha value is -1.43. The molecular formula is C15H12BrClN2OS. The highest BCUT2D eigenvalue weighted by Gasteiger charge is 2.11. The van der Waals surface area contributed by atoms with Gasteiger partial charge < -0.3 is 11.1 Å². The molecule has 0 aliphatic carbocycles. The van der Waals surface area contributed by atoms with Gasteiger partial charge in [-0.3, -0.25) is 4.79 Å². The van der Waals surface area contributed by atoms with Crippen LogP contribution < -0.4 is 11.1 Å². The van der Waals surface area contributed by atoms with Gasteiger partial charge in [0, 0.05) is 16.6 Å². The third kappa shape index (κ3) is 4.03. The van der Waals surface area contributed by atoms with Crippen molar-refractivity contribution in [1.29, 1.82) is 0 Å². The normalized spacial score (nSPS) is 10.2. The lowest BCUT2D eigenvalue weighted by atomic mass is 10.1. The molecule has 1 amide bonds. The van der Waals surface area contributed by atoms with E-state index in [1.54, 1.807) is 18.2 Å². The van der Waals surface area contributed by atoms with Gasteiger partial charge in [-0.1, -0.05) is 54.2 Å². The Kier molecular flexibility index (Phi) is 5.33. The van der Waals surface area contributed by atoms with Crippen LogP contribution in [0.2, 0.25) is 5.02 Å². The summed E-state index contributed by atoms with van der Waals surface area (Å²) in [5.74, 6) is -0.222. The van der Waals surface area contributed by atoms with Gasteiger partial charge in [0.15, 0.2) is 0 Å². The first-order valence-corrected chi connectivity index (χ1v) is 7.68. The van der Waals surface area contributed by atoms with Crippen LogP contribution in [0.3, 0.4) is 0 Å². The fourth-order valence-corrected chi connectivity index (χ4v) is 2.46. The molecule has 0 atom stereocenters. The number of rotatable bonds is 4. The van der Waals surface area contributed by atoms with Crippen molar-refractivity contribution >= 4 is 50.6 Å². The number of nitrogens with two attached hydrogens (primary N) is 1. The molecule has 3 nitrogen and oxygen atoms in total. The smallest absolute Gasteiger partial charge is 0.253 e. The molecule has 0 radical (unpaired) electrons. The number of hydrogen-bond donors (Lipinski definition) is 2. The summed E-state index contributed by atoms with van der Waals surface area (Å²) in [7, 11) is 0. The molecule has 0 spiro atoms. The second-order valence-corrected chi connectivity index (χ2v) is 6.02. The molecule has 0 saturated heterocycles. The van der Waals surface area contributed by atoms with Crippen molar-refractivity contribution in [2.24, 2.45) is 5.73 Å². The molecule has 0 aliphatic heterocycles. The van der Waals surface area contributed by atoms with Crippen LogP contribution in [-0.4, -0.2) is 10.9 Å². The lowest BCUT2D eigenvalue weighted by Gasteiger charge is -2.08. The van der Waals surface area contributed by atoms with Gasteiger partial charge in [0.25, 0.3) is 5.91 Å². The minimum Gasteiger partial charge on any atom is -0.389 e. The Morgan fingerprint density at radius 3 is 2.52 bits per heavy atom. The highest BCUT2D eigenvalue weighted by molar-refractivity contribution is 9.10. The zero-order chi connectivity index (χ0) is 15.4. The van der Waals surface area contributed by atoms with Crippen LogP contribution in [0, 0.1) is 0 Å². The van der Waals surface area contributed by atoms with Gasteiger partial charge in [0.1, 0.15) is 4.99 Å². The van der Waals surface area contributed by atoms with E-state index in [0.29, 0.717) is 26.6 Å². The van der Waals surface area contributed by atoms with Gasteiger partial charge >= 0.3 is 0 Å². The molecule has 0 unspecified atom stereocenters. The molecule has 6 heteroatoms. The Morgan fingerprint density at radius 2 is 1.90 bits per heavy atom. The second kappa shape index (κ2) is 7.02. The maximum atomic E-state index is 12.1. The Bertz CT molecular complexity index is 689. The van der Waals surface area contributed by atoms with Crippen LogP contribution in [0.5, 0.6) is 0 Å². The molecule has 108 valence electrons. The molecule has 0 fully saturated rings. The van der Waals surface area contributed by atoms with E-state index < -0.39 is 0 Å². The zero-order valence-corrected chi connectivity index (χ0v) is 14.1. The Morgan fingerprint density at radius 1 is 1.24 bits per heavy atom. The van der Waals surface area contributed by atoms with Crippen molar-refractivity contribution in [2.45, 2.75) is 6.54 Å². The minimum atomic E-state index is -0.222. The number of benzene rings is 2. The molecule has 0 bridgehead atoms. The van der Waals surface area contributed by atoms with Crippen LogP contribution in [0.1, 0.15) is 21.5 Å². The van der Waals surface area contributed by atoms with E-state index in [-0.39, 0.29) is 5.91 Å². The molecule has 0 saturated carbocycles. The highest BCUT2D eigenvalue weighted by Crippen LogP contribution is 2.25. The minimum absolute atomic E-state index is 0.222. The molecule has 2 rings (SSSR count). The first-order valence-electron chi connectivity index (χ1n) is 6.10. The molecule has 3 N–H and O–H groups in total. The van der Waals surface area contributed by atoms with E-state index in [2.05, 4.69) is 21.2 Å². The van der Waals surface area contributed by atoms with Crippen molar-refractivity contribution < 1.29 is 4.79 Å². The summed E-state index contributed by atoms with van der Waals surface area (Å²) in [5.41, 5.74) is 7.73. The molecule has 2 aromatic rings. The number of carbonyl (C=O) groups excluding carboxylic acids is 1. The molecule has 0 aliphatic rings. The van der Waals surface area contributed by atoms with Crippen LogP contribution in [0.25, 0.3) is 0 Å². The van der Waals surface area contributed by atoms with Gasteiger partial charge in [0.05, 0.1) is 10.6 Å². The number of carbonyl (C=O) groups is 1. The Balaban J connectivity index is 2.04. The van der Waals surface area contributed by atoms with Crippen LogP contribution in [-0.2, 0) is 6.54 Å². The van der Waals surface area contributed by atoms with E-state index in [9.17, 15) is 4.79 Å². The van der Waals surface area contributed by atoms with Gasteiger partial charge in [-0.25, -0.2) is 0 Å². The predicted octanol–water partition coefficient (Wildman–Crippen LogP) is 3.67. The van der Waals surface area contributed by atoms with Gasteiger partial charge in [0.2, 0.25) is 0 Å². The summed E-state index contributed by atoms with van der Waals surface area (Å²) in [6.07, 6.45) is 0. The number of thiocarbonyl (C=S) groups is 1. The molecule has 0 heterocycles. The Labute approximate surface area is 141 Å². The van der Waals surface area contributed by atoms with Crippen molar-refractivity contribution in [1.82, 2.24) is 5.32 Å². The molecular weight excluding hydrogens is 372 g/mol. The number of halogens is 2. The van der Waals surface area contributed by atoms with E-state index in [0.717, 1.165) is 11.1 Å². The summed E-state index contributed by atoms with van der Waals surface area (Å²) in [5, 5.41) is 3.23. The topological polar surface area (TPSA) is 55.1 Å². The largest absolute Gasteiger partial charge is 0.389 e. The van der Waals surface area contributed by atoms with Crippen molar-refractivity contribution in [3.63, 3.8) is 0 Å². The zero-order valence-electron chi connectivity index (χ0n) is 10.9. The average molecular weight is 384 g/mol. The van der Waals surface area contributed by atoms with Gasteiger partial charge in [-0.15, -0.1) is 0 Å². The number of hydrogen-bond acceptors (Lipinski definition) is 2. The summed E-state index contributed by atoms with van der Waals surface area (Å²) in [4.78, 5) is 12.5. The summed E-state index contributed by atoms with van der Waals surface area (Å²) < 4.78 is 0.692. The maximum absolute atomic E-state index is 12.1. The van der Waals surface area contributed by atoms with Gasteiger partial charge in [-0.2, -0.15) is 0 Å². The standard InChI is InChI=1S/C15H12BrClN2OS/c16-12-3-1-2-11(13(12)17)15(20)19-8-9-4-6-10(7-5-9)14(18)21/h1-7H,8H2,(H2,18,21)(H,19,20). The predicted molar refractivity (Wildman–Crippen MR) is 92.7 cm³/mol. The highest BCUT2D eigenvalue weighted by atomic mass is 79.9. The average Bonchev–Trinajstić information content (AvgIpc) is 2.48. The van der Waals surface area contributed by atoms with E-state index in [4.69, 9.17) is 29.6 Å². The SMILES string of the molecule is NC(=S)c1ccc(CNC(=O)c2cccc(Br)c2Cl)cc1. The first-order chi connectivity index (χ1) is 9.99. The van der Waals surface area contributed by atoms with Crippen molar-refractivity contribution in [2.75, 3.05) is 0 Å². The van der Waals surface area contributed by atoms with Crippen LogP contribution >= 0.6 is 39.7 Å². The monoisotopic (exact) mass is 382 g/mol. The maximum Gasteiger partial charge on any atom is 0.253 e. The lowest BCUT2D eigenvalue weighted by Crippen LogP contribution is -2.23. The van der Waals surface area contributed by atoms with Crippen LogP contribution in [0.4, 0.5) is 0 Å². The molecule has 21 heavy (non-hydrogen) atoms. The second-order valence-electron chi connectivity index (χ2n) is 4.35. The summed E-state index contributed by atoms with van der Waals surface area (Å²) >= 11 is 14.3. The van der Waals surface area contributed by atoms with E-state index in [1.165, 1.54) is 0 Å². The molecule has 2 aromatic carbocycles. The van der Waals surface area contributed by atoms with Crippen molar-refractivity contribution in [3.05, 3.63) is 68.7 Å². The fraction of sp³-hybridized carbons (Fsp3) is 0.0667. The van der Waals surface area contributed by atoms with Crippen molar-refractivity contribution in [3.8, 4) is 0 Å². The van der Waals surface area contributed by atoms with E-state index in [1.807, 2.05) is 24.3 Å². The van der Waals surface area contributed by atoms with E-state index >= 15 is 0 Å². The first kappa shape index (κ1) is 15.9. The number of nitrogens with one attached hydrogen (secondary N) is 1. The van der Waals surface area contributed by atoms with Crippen LogP contribution in [0.15, 0.2) is 46.9 Å². The summed E-state index contributed by atoms with van der Waals surface area (Å²) in [6.45, 7) is 0.402. The number of amides is 1. The third-order valence-corrected chi connectivity index (χ3v) is 4.42. The summed E-state index contributed by atoms with van der Waals surface area (Å²) in [6, 6.07) is 12.6.